The first kappa shape index (κ1) is 20.3. The van der Waals surface area contributed by atoms with Crippen LogP contribution in [0.1, 0.15) is 50.7 Å². The third-order valence-corrected chi connectivity index (χ3v) is 5.22. The quantitative estimate of drug-likeness (QED) is 0.343. The summed E-state index contributed by atoms with van der Waals surface area (Å²) in [5.74, 6) is 1.19. The Morgan fingerprint density at radius 3 is 1.89 bits per heavy atom. The Kier molecular flexibility index (Phi) is 6.63. The first-order chi connectivity index (χ1) is 13.4. The van der Waals surface area contributed by atoms with Crippen LogP contribution in [0.4, 0.5) is 0 Å². The van der Waals surface area contributed by atoms with E-state index < -0.39 is 0 Å². The van der Waals surface area contributed by atoms with Gasteiger partial charge in [0.2, 0.25) is 0 Å². The van der Waals surface area contributed by atoms with E-state index >= 15 is 0 Å². The summed E-state index contributed by atoms with van der Waals surface area (Å²) in [7, 11) is 0. The topological polar surface area (TPSA) is 30.2 Å². The Hall–Kier alpha value is -2.46. The van der Waals surface area contributed by atoms with Crippen LogP contribution in [0.2, 0.25) is 0 Å². The van der Waals surface area contributed by atoms with Crippen LogP contribution in [0.25, 0.3) is 16.8 Å². The molecule has 4 aromatic rings. The van der Waals surface area contributed by atoms with Crippen LogP contribution in [-0.2, 0) is 0 Å². The second-order valence-electron chi connectivity index (χ2n) is 7.46. The molecular weight excluding hydrogens is 410 g/mol. The van der Waals surface area contributed by atoms with Crippen LogP contribution in [-0.4, -0.2) is 14.6 Å². The second-order valence-corrected chi connectivity index (χ2v) is 8.38. The van der Waals surface area contributed by atoms with Crippen LogP contribution >= 0.6 is 15.9 Å². The molecule has 0 fully saturated rings. The van der Waals surface area contributed by atoms with Crippen molar-refractivity contribution >= 4 is 21.6 Å². The Morgan fingerprint density at radius 2 is 1.32 bits per heavy atom. The molecule has 0 saturated carbocycles. The highest BCUT2D eigenvalue weighted by atomic mass is 79.9. The standard InChI is InChI=1S/C15H15N3.C9H11Br/c1-11(2)12-3-5-13(6-4-12)14-9-16-15-7-8-17-18(15)10-14;1-7(2)8-3-5-9(10)6-4-8/h3-11H,1-2H3;3-7H,1-2H3. The van der Waals surface area contributed by atoms with Gasteiger partial charge in [0, 0.05) is 28.5 Å². The van der Waals surface area contributed by atoms with E-state index in [1.807, 2.05) is 18.5 Å². The van der Waals surface area contributed by atoms with Gasteiger partial charge in [0.1, 0.15) is 0 Å². The van der Waals surface area contributed by atoms with Crippen LogP contribution in [0.5, 0.6) is 0 Å². The van der Waals surface area contributed by atoms with Crippen molar-refractivity contribution in [2.45, 2.75) is 39.5 Å². The maximum absolute atomic E-state index is 4.38. The van der Waals surface area contributed by atoms with Crippen molar-refractivity contribution in [1.82, 2.24) is 14.6 Å². The normalized spacial score (nSPS) is 11.0. The third-order valence-electron chi connectivity index (χ3n) is 4.69. The van der Waals surface area contributed by atoms with Crippen molar-refractivity contribution in [3.63, 3.8) is 0 Å². The number of hydrogen-bond donors (Lipinski definition) is 0. The number of nitrogens with zero attached hydrogens (tertiary/aromatic N) is 3. The highest BCUT2D eigenvalue weighted by molar-refractivity contribution is 9.10. The van der Waals surface area contributed by atoms with Crippen molar-refractivity contribution < 1.29 is 0 Å². The number of aromatic nitrogens is 3. The van der Waals surface area contributed by atoms with Crippen molar-refractivity contribution in [3.8, 4) is 11.1 Å². The molecule has 4 heteroatoms. The summed E-state index contributed by atoms with van der Waals surface area (Å²) in [5, 5.41) is 4.20. The molecule has 0 N–H and O–H groups in total. The van der Waals surface area contributed by atoms with E-state index in [0.717, 1.165) is 15.7 Å². The Labute approximate surface area is 175 Å². The molecule has 28 heavy (non-hydrogen) atoms. The van der Waals surface area contributed by atoms with Crippen molar-refractivity contribution in [2.75, 3.05) is 0 Å². The molecule has 0 atom stereocenters. The smallest absolute Gasteiger partial charge is 0.154 e. The summed E-state index contributed by atoms with van der Waals surface area (Å²) in [6, 6.07) is 19.0. The van der Waals surface area contributed by atoms with E-state index in [1.54, 1.807) is 10.7 Å². The molecule has 0 radical (unpaired) electrons. The fourth-order valence-electron chi connectivity index (χ4n) is 2.87. The maximum atomic E-state index is 4.38. The zero-order valence-electron chi connectivity index (χ0n) is 16.8. The van der Waals surface area contributed by atoms with Crippen molar-refractivity contribution in [3.05, 3.63) is 88.8 Å². The van der Waals surface area contributed by atoms with Gasteiger partial charge in [-0.3, -0.25) is 0 Å². The Morgan fingerprint density at radius 1 is 0.750 bits per heavy atom. The summed E-state index contributed by atoms with van der Waals surface area (Å²) in [6.07, 6.45) is 5.65. The summed E-state index contributed by atoms with van der Waals surface area (Å²) in [5.41, 5.74) is 5.87. The monoisotopic (exact) mass is 435 g/mol. The fourth-order valence-corrected chi connectivity index (χ4v) is 3.13. The minimum absolute atomic E-state index is 0.561. The lowest BCUT2D eigenvalue weighted by molar-refractivity contribution is 0.866. The second kappa shape index (κ2) is 9.16. The van der Waals surface area contributed by atoms with E-state index in [9.17, 15) is 0 Å². The molecule has 2 aromatic carbocycles. The summed E-state index contributed by atoms with van der Waals surface area (Å²) < 4.78 is 2.95. The van der Waals surface area contributed by atoms with Crippen molar-refractivity contribution in [1.29, 1.82) is 0 Å². The van der Waals surface area contributed by atoms with Gasteiger partial charge < -0.3 is 0 Å². The average Bonchev–Trinajstić information content (AvgIpc) is 3.17. The summed E-state index contributed by atoms with van der Waals surface area (Å²) in [6.45, 7) is 8.80. The van der Waals surface area contributed by atoms with Crippen LogP contribution in [0.3, 0.4) is 0 Å². The zero-order chi connectivity index (χ0) is 20.1. The molecule has 3 nitrogen and oxygen atoms in total. The lowest BCUT2D eigenvalue weighted by Crippen LogP contribution is -1.92. The van der Waals surface area contributed by atoms with E-state index in [2.05, 4.69) is 102 Å². The first-order valence-corrected chi connectivity index (χ1v) is 10.4. The van der Waals surface area contributed by atoms with E-state index in [-0.39, 0.29) is 0 Å². The molecule has 0 unspecified atom stereocenters. The minimum Gasteiger partial charge on any atom is -0.236 e. The van der Waals surface area contributed by atoms with Gasteiger partial charge in [0.05, 0.1) is 6.20 Å². The fraction of sp³-hybridized carbons (Fsp3) is 0.250. The number of hydrogen-bond acceptors (Lipinski definition) is 2. The van der Waals surface area contributed by atoms with E-state index in [0.29, 0.717) is 11.8 Å². The molecule has 2 heterocycles. The van der Waals surface area contributed by atoms with Crippen LogP contribution < -0.4 is 0 Å². The highest BCUT2D eigenvalue weighted by Gasteiger charge is 2.03. The molecular formula is C24H26BrN3. The molecule has 144 valence electrons. The first-order valence-electron chi connectivity index (χ1n) is 9.59. The number of halogens is 1. The lowest BCUT2D eigenvalue weighted by atomic mass is 10.00. The molecule has 4 rings (SSSR count). The number of fused-ring (bicyclic) bond motifs is 1. The molecule has 0 aliphatic rings. The van der Waals surface area contributed by atoms with Crippen molar-refractivity contribution in [2.24, 2.45) is 0 Å². The van der Waals surface area contributed by atoms with Crippen LogP contribution in [0.15, 0.2) is 77.7 Å². The molecule has 0 saturated heterocycles. The molecule has 0 aliphatic heterocycles. The SMILES string of the molecule is CC(C)c1ccc(-c2cnc3ccnn3c2)cc1.CC(C)c1ccc(Br)cc1. The van der Waals surface area contributed by atoms with Crippen LogP contribution in [0, 0.1) is 0 Å². The highest BCUT2D eigenvalue weighted by Crippen LogP contribution is 2.22. The van der Waals surface area contributed by atoms with E-state index in [4.69, 9.17) is 0 Å². The molecule has 0 amide bonds. The molecule has 2 aromatic heterocycles. The minimum atomic E-state index is 0.561. The van der Waals surface area contributed by atoms with Gasteiger partial charge in [0.15, 0.2) is 5.65 Å². The molecule has 0 bridgehead atoms. The third kappa shape index (κ3) is 5.08. The Balaban J connectivity index is 0.000000192. The zero-order valence-corrected chi connectivity index (χ0v) is 18.4. The number of rotatable bonds is 3. The predicted octanol–water partition coefficient (Wildman–Crippen LogP) is 7.09. The van der Waals surface area contributed by atoms with Gasteiger partial charge in [-0.2, -0.15) is 5.10 Å². The molecule has 0 spiro atoms. The average molecular weight is 436 g/mol. The maximum Gasteiger partial charge on any atom is 0.154 e. The van der Waals surface area contributed by atoms with Gasteiger partial charge >= 0.3 is 0 Å². The van der Waals surface area contributed by atoms with Gasteiger partial charge in [-0.15, -0.1) is 0 Å². The van der Waals surface area contributed by atoms with E-state index in [1.165, 1.54) is 16.7 Å². The van der Waals surface area contributed by atoms with Gasteiger partial charge in [0.25, 0.3) is 0 Å². The lowest BCUT2D eigenvalue weighted by Gasteiger charge is -2.07. The Bertz CT molecular complexity index is 1020. The summed E-state index contributed by atoms with van der Waals surface area (Å²) >= 11 is 3.39. The molecule has 0 aliphatic carbocycles. The van der Waals surface area contributed by atoms with Gasteiger partial charge in [-0.25, -0.2) is 9.50 Å². The number of benzene rings is 2. The summed E-state index contributed by atoms with van der Waals surface area (Å²) in [4.78, 5) is 4.38. The largest absolute Gasteiger partial charge is 0.236 e. The van der Waals surface area contributed by atoms with Gasteiger partial charge in [-0.05, 0) is 40.7 Å². The predicted molar refractivity (Wildman–Crippen MR) is 121 cm³/mol. The van der Waals surface area contributed by atoms with Gasteiger partial charge in [-0.1, -0.05) is 80.0 Å².